The Morgan fingerprint density at radius 2 is 1.79 bits per heavy atom. The molecule has 0 saturated heterocycles. The van der Waals surface area contributed by atoms with E-state index in [1.54, 1.807) is 12.1 Å². The van der Waals surface area contributed by atoms with E-state index in [1.807, 2.05) is 6.92 Å². The van der Waals surface area contributed by atoms with Gasteiger partial charge in [0.1, 0.15) is 5.82 Å². The lowest BCUT2D eigenvalue weighted by atomic mass is 9.96. The van der Waals surface area contributed by atoms with Crippen LogP contribution >= 0.6 is 0 Å². The molecule has 2 rings (SSSR count). The molecule has 1 aromatic carbocycles. The number of nitrogens with one attached hydrogen (secondary N) is 1. The molecule has 3 heteroatoms. The minimum Gasteiger partial charge on any atom is -0.349 e. The predicted molar refractivity (Wildman–Crippen MR) is 74.7 cm³/mol. The summed E-state index contributed by atoms with van der Waals surface area (Å²) in [7, 11) is 0. The van der Waals surface area contributed by atoms with E-state index < -0.39 is 5.82 Å². The summed E-state index contributed by atoms with van der Waals surface area (Å²) in [6.45, 7) is 1.87. The van der Waals surface area contributed by atoms with Crippen LogP contribution in [0.2, 0.25) is 0 Å². The maximum atomic E-state index is 13.7. The second-order valence-corrected chi connectivity index (χ2v) is 5.50. The van der Waals surface area contributed by atoms with E-state index in [4.69, 9.17) is 0 Å². The number of benzene rings is 1. The fourth-order valence-electron chi connectivity index (χ4n) is 2.68. The average molecular weight is 263 g/mol. The van der Waals surface area contributed by atoms with Crippen molar-refractivity contribution in [2.45, 2.75) is 57.9 Å². The molecule has 0 radical (unpaired) electrons. The van der Waals surface area contributed by atoms with Gasteiger partial charge < -0.3 is 5.32 Å². The van der Waals surface area contributed by atoms with E-state index in [1.165, 1.54) is 25.3 Å². The molecule has 19 heavy (non-hydrogen) atoms. The smallest absolute Gasteiger partial charge is 0.254 e. The monoisotopic (exact) mass is 263 g/mol. The number of amides is 1. The number of halogens is 1. The Morgan fingerprint density at radius 3 is 2.47 bits per heavy atom. The van der Waals surface area contributed by atoms with Crippen LogP contribution < -0.4 is 5.32 Å². The predicted octanol–water partition coefficient (Wildman–Crippen LogP) is 3.98. The summed E-state index contributed by atoms with van der Waals surface area (Å²) in [5, 5.41) is 2.99. The van der Waals surface area contributed by atoms with Crippen molar-refractivity contribution >= 4 is 5.91 Å². The third-order valence-electron chi connectivity index (χ3n) is 3.81. The number of hydrogen-bond donors (Lipinski definition) is 1. The summed E-state index contributed by atoms with van der Waals surface area (Å²) in [6.07, 6.45) is 8.12. The highest BCUT2D eigenvalue weighted by molar-refractivity contribution is 5.94. The van der Waals surface area contributed by atoms with Crippen molar-refractivity contribution in [1.82, 2.24) is 5.32 Å². The fourth-order valence-corrected chi connectivity index (χ4v) is 2.68. The molecular formula is C16H22FNO. The molecule has 0 aromatic heterocycles. The van der Waals surface area contributed by atoms with Gasteiger partial charge in [-0.15, -0.1) is 0 Å². The highest BCUT2D eigenvalue weighted by atomic mass is 19.1. The average Bonchev–Trinajstić information content (AvgIpc) is 2.35. The molecule has 1 N–H and O–H groups in total. The molecule has 0 bridgehead atoms. The van der Waals surface area contributed by atoms with Crippen LogP contribution in [0.25, 0.3) is 0 Å². The Labute approximate surface area is 114 Å². The molecule has 104 valence electrons. The zero-order valence-corrected chi connectivity index (χ0v) is 11.5. The zero-order valence-electron chi connectivity index (χ0n) is 11.5. The first-order chi connectivity index (χ1) is 9.16. The number of rotatable bonds is 2. The first kappa shape index (κ1) is 14.0. The summed E-state index contributed by atoms with van der Waals surface area (Å²) in [5.74, 6) is -0.708. The van der Waals surface area contributed by atoms with Crippen LogP contribution in [0.3, 0.4) is 0 Å². The van der Waals surface area contributed by atoms with Crippen molar-refractivity contribution in [2.24, 2.45) is 0 Å². The molecule has 1 saturated carbocycles. The second-order valence-electron chi connectivity index (χ2n) is 5.50. The van der Waals surface area contributed by atoms with Gasteiger partial charge in [0.15, 0.2) is 0 Å². The van der Waals surface area contributed by atoms with Gasteiger partial charge in [-0.25, -0.2) is 4.39 Å². The molecule has 0 aliphatic heterocycles. The lowest BCUT2D eigenvalue weighted by molar-refractivity contribution is 0.0926. The van der Waals surface area contributed by atoms with E-state index in [-0.39, 0.29) is 17.5 Å². The van der Waals surface area contributed by atoms with Gasteiger partial charge in [0.25, 0.3) is 5.91 Å². The lowest BCUT2D eigenvalue weighted by Gasteiger charge is -2.21. The first-order valence-corrected chi connectivity index (χ1v) is 7.24. The minimum atomic E-state index is -0.436. The number of hydrogen-bond acceptors (Lipinski definition) is 1. The highest BCUT2D eigenvalue weighted by Gasteiger charge is 2.17. The van der Waals surface area contributed by atoms with Crippen LogP contribution in [0.15, 0.2) is 18.2 Å². The molecule has 0 spiro atoms. The van der Waals surface area contributed by atoms with Crippen LogP contribution in [0.4, 0.5) is 4.39 Å². The number of aryl methyl sites for hydroxylation is 1. The van der Waals surface area contributed by atoms with E-state index in [0.717, 1.165) is 31.2 Å². The van der Waals surface area contributed by atoms with Crippen LogP contribution in [-0.4, -0.2) is 11.9 Å². The summed E-state index contributed by atoms with van der Waals surface area (Å²) < 4.78 is 13.7. The molecule has 1 amide bonds. The van der Waals surface area contributed by atoms with Crippen molar-refractivity contribution in [3.05, 3.63) is 35.1 Å². The minimum absolute atomic E-state index is 0.169. The topological polar surface area (TPSA) is 29.1 Å². The Hall–Kier alpha value is -1.38. The quantitative estimate of drug-likeness (QED) is 0.859. The van der Waals surface area contributed by atoms with E-state index in [2.05, 4.69) is 5.32 Å². The van der Waals surface area contributed by atoms with Gasteiger partial charge in [0.2, 0.25) is 0 Å². The van der Waals surface area contributed by atoms with Gasteiger partial charge in [-0.3, -0.25) is 4.79 Å². The summed E-state index contributed by atoms with van der Waals surface area (Å²) in [6, 6.07) is 4.87. The van der Waals surface area contributed by atoms with Gasteiger partial charge in [-0.2, -0.15) is 0 Å². The molecule has 1 aliphatic carbocycles. The molecule has 1 aromatic rings. The van der Waals surface area contributed by atoms with Gasteiger partial charge in [0.05, 0.1) is 5.56 Å². The van der Waals surface area contributed by atoms with Gasteiger partial charge in [-0.1, -0.05) is 43.7 Å². The van der Waals surface area contributed by atoms with Crippen molar-refractivity contribution in [3.63, 3.8) is 0 Å². The molecule has 0 unspecified atom stereocenters. The molecule has 0 heterocycles. The van der Waals surface area contributed by atoms with Crippen LogP contribution in [0.5, 0.6) is 0 Å². The number of carbonyl (C=O) groups is 1. The second kappa shape index (κ2) is 6.69. The summed E-state index contributed by atoms with van der Waals surface area (Å²) >= 11 is 0. The van der Waals surface area contributed by atoms with Crippen LogP contribution in [0, 0.1) is 12.7 Å². The Bertz CT molecular complexity index is 436. The SMILES string of the molecule is Cc1ccc(F)c(C(=O)NC2CCCCCCC2)c1. The van der Waals surface area contributed by atoms with Crippen molar-refractivity contribution in [3.8, 4) is 0 Å². The van der Waals surface area contributed by atoms with Crippen molar-refractivity contribution in [1.29, 1.82) is 0 Å². The maximum Gasteiger partial charge on any atom is 0.254 e. The van der Waals surface area contributed by atoms with Gasteiger partial charge in [-0.05, 0) is 31.9 Å². The molecular weight excluding hydrogens is 241 g/mol. The lowest BCUT2D eigenvalue weighted by Crippen LogP contribution is -2.35. The molecule has 1 aliphatic rings. The normalized spacial score (nSPS) is 17.6. The zero-order chi connectivity index (χ0) is 13.7. The maximum absolute atomic E-state index is 13.7. The van der Waals surface area contributed by atoms with Crippen LogP contribution in [0.1, 0.15) is 60.9 Å². The van der Waals surface area contributed by atoms with Gasteiger partial charge in [0, 0.05) is 6.04 Å². The van der Waals surface area contributed by atoms with E-state index in [9.17, 15) is 9.18 Å². The number of carbonyl (C=O) groups excluding carboxylic acids is 1. The largest absolute Gasteiger partial charge is 0.349 e. The Balaban J connectivity index is 2.00. The summed E-state index contributed by atoms with van der Waals surface area (Å²) in [4.78, 5) is 12.1. The Morgan fingerprint density at radius 1 is 1.16 bits per heavy atom. The van der Waals surface area contributed by atoms with E-state index >= 15 is 0 Å². The first-order valence-electron chi connectivity index (χ1n) is 7.24. The summed E-state index contributed by atoms with van der Waals surface area (Å²) in [5.41, 5.74) is 1.08. The fraction of sp³-hybridized carbons (Fsp3) is 0.562. The molecule has 2 nitrogen and oxygen atoms in total. The third-order valence-corrected chi connectivity index (χ3v) is 3.81. The van der Waals surface area contributed by atoms with Crippen LogP contribution in [-0.2, 0) is 0 Å². The van der Waals surface area contributed by atoms with Gasteiger partial charge >= 0.3 is 0 Å². The van der Waals surface area contributed by atoms with Crippen molar-refractivity contribution in [2.75, 3.05) is 0 Å². The third kappa shape index (κ3) is 4.05. The highest BCUT2D eigenvalue weighted by Crippen LogP contribution is 2.18. The Kier molecular flexibility index (Phi) is 4.94. The molecule has 1 fully saturated rings. The van der Waals surface area contributed by atoms with Crippen molar-refractivity contribution < 1.29 is 9.18 Å². The molecule has 0 atom stereocenters. The van der Waals surface area contributed by atoms with E-state index in [0.29, 0.717) is 0 Å². The standard InChI is InChI=1S/C16H22FNO/c1-12-9-10-15(17)14(11-12)16(19)18-13-7-5-3-2-4-6-8-13/h9-11,13H,2-8H2,1H3,(H,18,19).